The van der Waals surface area contributed by atoms with Crippen molar-refractivity contribution in [1.82, 2.24) is 0 Å². The number of anilines is 6. The van der Waals surface area contributed by atoms with Crippen LogP contribution in [0.25, 0.3) is 54.6 Å². The van der Waals surface area contributed by atoms with Gasteiger partial charge in [0.25, 0.3) is 0 Å². The van der Waals surface area contributed by atoms with E-state index in [4.69, 9.17) is 4.42 Å². The molecule has 0 amide bonds. The van der Waals surface area contributed by atoms with Gasteiger partial charge in [0.2, 0.25) is 0 Å². The van der Waals surface area contributed by atoms with E-state index >= 15 is 0 Å². The summed E-state index contributed by atoms with van der Waals surface area (Å²) in [6.45, 7) is 22.6. The molecule has 3 nitrogen and oxygen atoms in total. The third kappa shape index (κ3) is 7.92. The van der Waals surface area contributed by atoms with Crippen LogP contribution >= 0.6 is 0 Å². The highest BCUT2D eigenvalue weighted by Crippen LogP contribution is 2.65. The van der Waals surface area contributed by atoms with Crippen molar-refractivity contribution in [2.24, 2.45) is 5.92 Å². The number of rotatable bonds is 8. The third-order valence-electron chi connectivity index (χ3n) is 16.9. The van der Waals surface area contributed by atoms with E-state index < -0.39 is 5.41 Å². The Labute approximate surface area is 460 Å². The first-order valence-corrected chi connectivity index (χ1v) is 27.9. The summed E-state index contributed by atoms with van der Waals surface area (Å²) in [5.41, 5.74) is 21.7. The summed E-state index contributed by atoms with van der Waals surface area (Å²) in [4.78, 5) is 4.98. The second-order valence-electron chi connectivity index (χ2n) is 24.4. The Balaban J connectivity index is 1.18. The monoisotopic (exact) mass is 1010 g/mol. The molecule has 1 heterocycles. The van der Waals surface area contributed by atoms with Crippen molar-refractivity contribution in [3.05, 3.63) is 262 Å². The van der Waals surface area contributed by atoms with E-state index in [-0.39, 0.29) is 16.7 Å². The lowest BCUT2D eigenvalue weighted by Crippen LogP contribution is -2.36. The Morgan fingerprint density at radius 3 is 1.58 bits per heavy atom. The lowest BCUT2D eigenvalue weighted by molar-refractivity contribution is 0.460. The van der Waals surface area contributed by atoms with Crippen LogP contribution in [-0.2, 0) is 16.2 Å². The number of benzene rings is 10. The highest BCUT2D eigenvalue weighted by molar-refractivity contribution is 6.25. The average Bonchev–Trinajstić information content (AvgIpc) is 4.17. The number of furan rings is 1. The first-order chi connectivity index (χ1) is 37.6. The van der Waals surface area contributed by atoms with Gasteiger partial charge in [0.05, 0.1) is 16.5 Å². The van der Waals surface area contributed by atoms with E-state index in [1.165, 1.54) is 82.7 Å². The summed E-state index contributed by atoms with van der Waals surface area (Å²) in [6.07, 6.45) is 10.2. The lowest BCUT2D eigenvalue weighted by atomic mass is 9.61. The van der Waals surface area contributed by atoms with Crippen molar-refractivity contribution in [2.75, 3.05) is 9.80 Å². The molecule has 2 aliphatic rings. The van der Waals surface area contributed by atoms with E-state index in [0.29, 0.717) is 0 Å². The Hall–Kier alpha value is -8.40. The molecule has 0 radical (unpaired) electrons. The van der Waals surface area contributed by atoms with Gasteiger partial charge in [-0.25, -0.2) is 0 Å². The number of hydrogen-bond donors (Lipinski definition) is 0. The van der Waals surface area contributed by atoms with E-state index in [9.17, 15) is 0 Å². The van der Waals surface area contributed by atoms with Gasteiger partial charge in [0.15, 0.2) is 0 Å². The van der Waals surface area contributed by atoms with E-state index in [2.05, 4.69) is 291 Å². The molecule has 2 aliphatic carbocycles. The van der Waals surface area contributed by atoms with Crippen LogP contribution in [0.2, 0.25) is 0 Å². The predicted octanol–water partition coefficient (Wildman–Crippen LogP) is 21.1. The van der Waals surface area contributed by atoms with Crippen LogP contribution in [0.15, 0.2) is 217 Å². The molecule has 0 aliphatic heterocycles. The molecule has 384 valence electrons. The third-order valence-corrected chi connectivity index (χ3v) is 16.9. The maximum atomic E-state index is 7.54. The molecule has 11 aromatic rings. The molecular formula is C75H68N2O. The van der Waals surface area contributed by atoms with Crippen LogP contribution in [-0.4, -0.2) is 0 Å². The topological polar surface area (TPSA) is 19.6 Å². The van der Waals surface area contributed by atoms with Gasteiger partial charge in [-0.2, -0.15) is 0 Å². The summed E-state index contributed by atoms with van der Waals surface area (Å²) in [6, 6.07) is 71.6. The summed E-state index contributed by atoms with van der Waals surface area (Å²) < 4.78 is 7.54. The van der Waals surface area contributed by atoms with Crippen molar-refractivity contribution in [2.45, 2.75) is 91.9 Å². The zero-order chi connectivity index (χ0) is 53.8. The summed E-state index contributed by atoms with van der Waals surface area (Å²) in [5.74, 6) is 0.0532. The van der Waals surface area contributed by atoms with Gasteiger partial charge in [0.1, 0.15) is 11.2 Å². The second kappa shape index (κ2) is 18.4. The number of fused-ring (bicyclic) bond motifs is 12. The molecular weight excluding hydrogens is 945 g/mol. The fourth-order valence-corrected chi connectivity index (χ4v) is 13.5. The van der Waals surface area contributed by atoms with E-state index in [1.54, 1.807) is 0 Å². The molecule has 0 fully saturated rings. The number of hydrogen-bond acceptors (Lipinski definition) is 3. The normalized spacial score (nSPS) is 16.1. The molecule has 0 saturated carbocycles. The van der Waals surface area contributed by atoms with E-state index in [1.807, 2.05) is 0 Å². The van der Waals surface area contributed by atoms with E-state index in [0.717, 1.165) is 62.5 Å². The van der Waals surface area contributed by atoms with Crippen molar-refractivity contribution >= 4 is 77.6 Å². The molecule has 2 unspecified atom stereocenters. The molecule has 10 aromatic carbocycles. The quantitative estimate of drug-likeness (QED) is 0.141. The van der Waals surface area contributed by atoms with Crippen LogP contribution < -0.4 is 9.80 Å². The molecule has 0 bridgehead atoms. The molecule has 0 spiro atoms. The highest BCUT2D eigenvalue weighted by Gasteiger charge is 2.52. The summed E-state index contributed by atoms with van der Waals surface area (Å²) in [5, 5.41) is 7.11. The van der Waals surface area contributed by atoms with Crippen LogP contribution in [0.4, 0.5) is 34.1 Å². The van der Waals surface area contributed by atoms with Crippen molar-refractivity contribution in [3.8, 4) is 11.1 Å². The Morgan fingerprint density at radius 2 is 0.987 bits per heavy atom. The van der Waals surface area contributed by atoms with Gasteiger partial charge in [-0.15, -0.1) is 0 Å². The zero-order valence-corrected chi connectivity index (χ0v) is 46.8. The number of nitrogens with zero attached hydrogens (tertiary/aromatic N) is 2. The first-order valence-electron chi connectivity index (χ1n) is 27.9. The zero-order valence-electron chi connectivity index (χ0n) is 46.8. The van der Waals surface area contributed by atoms with Crippen LogP contribution in [0.5, 0.6) is 0 Å². The summed E-state index contributed by atoms with van der Waals surface area (Å²) >= 11 is 0. The van der Waals surface area contributed by atoms with Gasteiger partial charge in [-0.3, -0.25) is 0 Å². The minimum Gasteiger partial charge on any atom is -0.455 e. The van der Waals surface area contributed by atoms with Gasteiger partial charge in [0, 0.05) is 39.4 Å². The van der Waals surface area contributed by atoms with Crippen molar-refractivity contribution < 1.29 is 4.42 Å². The lowest BCUT2D eigenvalue weighted by Gasteiger charge is -2.41. The fourth-order valence-electron chi connectivity index (χ4n) is 13.5. The minimum absolute atomic E-state index is 0.00414. The highest BCUT2D eigenvalue weighted by atomic mass is 16.3. The van der Waals surface area contributed by atoms with Crippen LogP contribution in [0.1, 0.15) is 98.0 Å². The van der Waals surface area contributed by atoms with Crippen molar-refractivity contribution in [1.29, 1.82) is 0 Å². The van der Waals surface area contributed by atoms with Gasteiger partial charge < -0.3 is 14.2 Å². The fraction of sp³-hybridized carbons (Fsp3) is 0.200. The Kier molecular flexibility index (Phi) is 11.6. The summed E-state index contributed by atoms with van der Waals surface area (Å²) in [7, 11) is 0. The predicted molar refractivity (Wildman–Crippen MR) is 333 cm³/mol. The molecule has 78 heavy (non-hydrogen) atoms. The van der Waals surface area contributed by atoms with Gasteiger partial charge in [-0.1, -0.05) is 181 Å². The van der Waals surface area contributed by atoms with Crippen LogP contribution in [0, 0.1) is 33.6 Å². The van der Waals surface area contributed by atoms with Crippen molar-refractivity contribution in [3.63, 3.8) is 0 Å². The minimum atomic E-state index is -0.667. The largest absolute Gasteiger partial charge is 0.455 e. The Morgan fingerprint density at radius 1 is 0.449 bits per heavy atom. The standard InChI is InChI=1S/C75H68N2O/c1-47-39-48(2)42-58(41-47)76(55-33-29-51(30-34-55)73(5,6)7)57-37-38-62-64(45-57)60-25-17-18-26-61(60)69-70-65(75(71(62)69,53-21-13-11-14-22-53)54-23-15-12-16-24-54)46-66(68-63-27-19-20-28-67(63)78-72(68)70)77(59-43-49(3)40-50(4)44-59)56-35-31-52(32-36-56)74(8,9)10/h11-23,25-46,54H,24H2,1-10H3. The smallest absolute Gasteiger partial charge is 0.145 e. The maximum Gasteiger partial charge on any atom is 0.145 e. The van der Waals surface area contributed by atoms with Gasteiger partial charge >= 0.3 is 0 Å². The van der Waals surface area contributed by atoms with Gasteiger partial charge in [-0.05, 0) is 201 Å². The first kappa shape index (κ1) is 49.2. The Bertz CT molecular complexity index is 4190. The molecule has 13 rings (SSSR count). The molecule has 1 aromatic heterocycles. The maximum absolute atomic E-state index is 7.54. The average molecular weight is 1010 g/mol. The van der Waals surface area contributed by atoms with Crippen LogP contribution in [0.3, 0.4) is 0 Å². The SMILES string of the molecule is Cc1cc(C)cc(N(c2ccc(C(C)(C)C)cc2)c2ccc3c4c(c5ccccc5c3c2)-c2c(cc(N(c3ccc(C(C)(C)C)cc3)c3cc(C)cc(C)c3)c3c2oc2ccccc23)C4(c2ccccc2)C2C=CC=CC2)c1. The molecule has 3 heteroatoms. The second-order valence-corrected chi connectivity index (χ2v) is 24.4. The number of allylic oxidation sites excluding steroid dienone is 4. The molecule has 2 atom stereocenters. The molecule has 0 saturated heterocycles. The number of aryl methyl sites for hydroxylation is 4. The molecule has 0 N–H and O–H groups in total. The number of para-hydroxylation sites is 1.